The molecule has 0 saturated carbocycles. The van der Waals surface area contributed by atoms with Crippen molar-refractivity contribution in [2.75, 3.05) is 13.4 Å². The summed E-state index contributed by atoms with van der Waals surface area (Å²) in [6.45, 7) is 0. The molecule has 0 amide bonds. The summed E-state index contributed by atoms with van der Waals surface area (Å²) in [5.41, 5.74) is -0.447. The number of hydrogen-bond donors (Lipinski definition) is 1. The van der Waals surface area contributed by atoms with Gasteiger partial charge in [0.15, 0.2) is 0 Å². The van der Waals surface area contributed by atoms with Crippen molar-refractivity contribution in [3.63, 3.8) is 0 Å². The van der Waals surface area contributed by atoms with E-state index in [0.717, 1.165) is 17.8 Å². The Morgan fingerprint density at radius 3 is 2.56 bits per heavy atom. The number of carboxylic acids is 1. The van der Waals surface area contributed by atoms with E-state index in [1.54, 1.807) is 6.26 Å². The Labute approximate surface area is 95.4 Å². The molecule has 7 heteroatoms. The van der Waals surface area contributed by atoms with Crippen LogP contribution in [0.25, 0.3) is 0 Å². The van der Waals surface area contributed by atoms with Crippen molar-refractivity contribution in [2.45, 2.75) is 4.90 Å². The van der Waals surface area contributed by atoms with Gasteiger partial charge in [-0.15, -0.1) is 11.8 Å². The lowest BCUT2D eigenvalue weighted by Gasteiger charge is -2.07. The Hall–Kier alpha value is -1.76. The molecule has 0 aliphatic heterocycles. The third-order valence-corrected chi connectivity index (χ3v) is 2.69. The van der Waals surface area contributed by atoms with Crippen LogP contribution in [0, 0.1) is 10.1 Å². The van der Waals surface area contributed by atoms with E-state index < -0.39 is 10.9 Å². The molecule has 0 unspecified atom stereocenters. The van der Waals surface area contributed by atoms with Crippen molar-refractivity contribution in [3.8, 4) is 5.75 Å². The Morgan fingerprint density at radius 1 is 1.56 bits per heavy atom. The first kappa shape index (κ1) is 12.3. The molecule has 0 fully saturated rings. The molecule has 1 N–H and O–H groups in total. The zero-order valence-corrected chi connectivity index (χ0v) is 9.41. The van der Waals surface area contributed by atoms with E-state index in [2.05, 4.69) is 0 Å². The molecule has 0 saturated heterocycles. The van der Waals surface area contributed by atoms with Crippen LogP contribution in [-0.2, 0) is 0 Å². The number of aromatic carboxylic acids is 1. The standard InChI is InChI=1S/C9H9NO5S/c1-15-7-4-8(16-2)6(10(13)14)3-5(7)9(11)12/h3-4H,1-2H3,(H,11,12). The number of nitro groups is 1. The van der Waals surface area contributed by atoms with Crippen molar-refractivity contribution in [1.29, 1.82) is 0 Å². The molecule has 0 spiro atoms. The van der Waals surface area contributed by atoms with Crippen LogP contribution in [0.3, 0.4) is 0 Å². The molecule has 6 nitrogen and oxygen atoms in total. The summed E-state index contributed by atoms with van der Waals surface area (Å²) in [7, 11) is 1.32. The third kappa shape index (κ3) is 2.25. The lowest BCUT2D eigenvalue weighted by molar-refractivity contribution is -0.387. The van der Waals surface area contributed by atoms with Gasteiger partial charge in [0.05, 0.1) is 16.9 Å². The molecule has 1 aromatic carbocycles. The maximum absolute atomic E-state index is 10.8. The molecule has 0 aliphatic carbocycles. The smallest absolute Gasteiger partial charge is 0.339 e. The molecule has 0 aliphatic rings. The molecule has 0 aromatic heterocycles. The fraction of sp³-hybridized carbons (Fsp3) is 0.222. The Bertz CT molecular complexity index is 409. The number of methoxy groups -OCH3 is 1. The van der Waals surface area contributed by atoms with Crippen LogP contribution in [0.2, 0.25) is 0 Å². The number of thioether (sulfide) groups is 1. The number of hydrogen-bond acceptors (Lipinski definition) is 5. The Morgan fingerprint density at radius 2 is 2.19 bits per heavy atom. The maximum atomic E-state index is 10.8. The predicted molar refractivity (Wildman–Crippen MR) is 58.4 cm³/mol. The van der Waals surface area contributed by atoms with Crippen molar-refractivity contribution < 1.29 is 19.6 Å². The lowest BCUT2D eigenvalue weighted by Crippen LogP contribution is -2.03. The summed E-state index contributed by atoms with van der Waals surface area (Å²) in [5.74, 6) is -1.14. The largest absolute Gasteiger partial charge is 0.496 e. The second kappa shape index (κ2) is 4.84. The van der Waals surface area contributed by atoms with Crippen molar-refractivity contribution >= 4 is 23.4 Å². The molecule has 0 atom stereocenters. The van der Waals surface area contributed by atoms with Crippen molar-refractivity contribution in [2.24, 2.45) is 0 Å². The molecule has 16 heavy (non-hydrogen) atoms. The minimum atomic E-state index is -1.26. The monoisotopic (exact) mass is 243 g/mol. The topological polar surface area (TPSA) is 89.7 Å². The Balaban J connectivity index is 3.46. The second-order valence-corrected chi connectivity index (χ2v) is 3.63. The summed E-state index contributed by atoms with van der Waals surface area (Å²) in [5, 5.41) is 19.6. The van der Waals surface area contributed by atoms with E-state index in [1.165, 1.54) is 13.2 Å². The summed E-state index contributed by atoms with van der Waals surface area (Å²) >= 11 is 1.16. The van der Waals surface area contributed by atoms with Gasteiger partial charge in [-0.25, -0.2) is 4.79 Å². The van der Waals surface area contributed by atoms with Crippen LogP contribution >= 0.6 is 11.8 Å². The number of carboxylic acid groups (broad SMARTS) is 1. The number of ether oxygens (including phenoxy) is 1. The number of rotatable bonds is 4. The van der Waals surface area contributed by atoms with Gasteiger partial charge in [-0.2, -0.15) is 0 Å². The van der Waals surface area contributed by atoms with Crippen LogP contribution in [0.5, 0.6) is 5.75 Å². The Kier molecular flexibility index (Phi) is 3.73. The molecular weight excluding hydrogens is 234 g/mol. The highest BCUT2D eigenvalue weighted by atomic mass is 32.2. The normalized spacial score (nSPS) is 9.88. The van der Waals surface area contributed by atoms with Gasteiger partial charge in [-0.3, -0.25) is 10.1 Å². The van der Waals surface area contributed by atoms with E-state index in [9.17, 15) is 14.9 Å². The van der Waals surface area contributed by atoms with Crippen LogP contribution < -0.4 is 4.74 Å². The summed E-state index contributed by atoms with van der Waals surface area (Å²) < 4.78 is 4.87. The average molecular weight is 243 g/mol. The fourth-order valence-electron chi connectivity index (χ4n) is 1.19. The minimum Gasteiger partial charge on any atom is -0.496 e. The minimum absolute atomic E-state index is 0.113. The zero-order chi connectivity index (χ0) is 12.3. The van der Waals surface area contributed by atoms with E-state index in [-0.39, 0.29) is 17.0 Å². The van der Waals surface area contributed by atoms with Gasteiger partial charge in [-0.1, -0.05) is 0 Å². The molecular formula is C9H9NO5S. The van der Waals surface area contributed by atoms with E-state index in [0.29, 0.717) is 4.90 Å². The van der Waals surface area contributed by atoms with Gasteiger partial charge in [0, 0.05) is 12.1 Å². The highest BCUT2D eigenvalue weighted by Crippen LogP contribution is 2.34. The summed E-state index contributed by atoms with van der Waals surface area (Å²) in [6.07, 6.45) is 1.67. The molecule has 1 aromatic rings. The summed E-state index contributed by atoms with van der Waals surface area (Å²) in [4.78, 5) is 21.3. The molecule has 0 radical (unpaired) electrons. The quantitative estimate of drug-likeness (QED) is 0.494. The first-order valence-corrected chi connectivity index (χ1v) is 5.37. The number of benzene rings is 1. The fourth-order valence-corrected chi connectivity index (χ4v) is 1.76. The van der Waals surface area contributed by atoms with Crippen LogP contribution in [-0.4, -0.2) is 29.4 Å². The van der Waals surface area contributed by atoms with Gasteiger partial charge in [0.1, 0.15) is 11.3 Å². The first-order valence-electron chi connectivity index (χ1n) is 4.15. The predicted octanol–water partition coefficient (Wildman–Crippen LogP) is 2.02. The first-order chi connectivity index (χ1) is 7.51. The zero-order valence-electron chi connectivity index (χ0n) is 8.59. The number of nitrogens with zero attached hydrogens (tertiary/aromatic N) is 1. The van der Waals surface area contributed by atoms with Gasteiger partial charge < -0.3 is 9.84 Å². The summed E-state index contributed by atoms with van der Waals surface area (Å²) in [6, 6.07) is 2.36. The van der Waals surface area contributed by atoms with E-state index in [4.69, 9.17) is 9.84 Å². The van der Waals surface area contributed by atoms with Crippen molar-refractivity contribution in [1.82, 2.24) is 0 Å². The van der Waals surface area contributed by atoms with Gasteiger partial charge in [-0.05, 0) is 6.26 Å². The van der Waals surface area contributed by atoms with Gasteiger partial charge >= 0.3 is 5.97 Å². The molecule has 0 heterocycles. The SMILES string of the molecule is COc1cc(SC)c([N+](=O)[O-])cc1C(=O)O. The lowest BCUT2D eigenvalue weighted by atomic mass is 10.2. The molecule has 0 bridgehead atoms. The highest BCUT2D eigenvalue weighted by Gasteiger charge is 2.21. The maximum Gasteiger partial charge on any atom is 0.339 e. The average Bonchev–Trinajstić information content (AvgIpc) is 2.26. The van der Waals surface area contributed by atoms with Crippen LogP contribution in [0.15, 0.2) is 17.0 Å². The van der Waals surface area contributed by atoms with Crippen molar-refractivity contribution in [3.05, 3.63) is 27.8 Å². The van der Waals surface area contributed by atoms with Gasteiger partial charge in [0.25, 0.3) is 5.69 Å². The van der Waals surface area contributed by atoms with Crippen LogP contribution in [0.1, 0.15) is 10.4 Å². The molecule has 86 valence electrons. The van der Waals surface area contributed by atoms with Crippen LogP contribution in [0.4, 0.5) is 5.69 Å². The van der Waals surface area contributed by atoms with Gasteiger partial charge in [0.2, 0.25) is 0 Å². The second-order valence-electron chi connectivity index (χ2n) is 2.79. The third-order valence-electron chi connectivity index (χ3n) is 1.93. The van der Waals surface area contributed by atoms with E-state index >= 15 is 0 Å². The molecule has 1 rings (SSSR count). The van der Waals surface area contributed by atoms with E-state index in [1.807, 2.05) is 0 Å². The number of nitro benzene ring substituents is 1. The highest BCUT2D eigenvalue weighted by molar-refractivity contribution is 7.98. The number of carbonyl (C=O) groups is 1.